The Hall–Kier alpha value is -2.94. The molecule has 8 heteroatoms. The minimum Gasteiger partial charge on any atom is -0.490 e. The van der Waals surface area contributed by atoms with Crippen molar-refractivity contribution in [3.63, 3.8) is 0 Å². The molecular formula is C28H34N2O6. The fourth-order valence-corrected chi connectivity index (χ4v) is 5.59. The summed E-state index contributed by atoms with van der Waals surface area (Å²) < 4.78 is 18.0. The Kier molecular flexibility index (Phi) is 7.55. The van der Waals surface area contributed by atoms with Gasteiger partial charge >= 0.3 is 0 Å². The van der Waals surface area contributed by atoms with E-state index in [1.165, 1.54) is 0 Å². The minimum absolute atomic E-state index is 0.0562. The van der Waals surface area contributed by atoms with Crippen LogP contribution in [0.1, 0.15) is 55.7 Å². The number of fused-ring (bicyclic) bond motifs is 4. The normalized spacial score (nSPS) is 26.8. The second-order valence-corrected chi connectivity index (χ2v) is 9.92. The first kappa shape index (κ1) is 24.7. The fraction of sp³-hybridized carbons (Fsp3) is 0.500. The van der Waals surface area contributed by atoms with Crippen LogP contribution in [0, 0.1) is 5.92 Å². The molecule has 5 atom stereocenters. The molecule has 2 bridgehead atoms. The maximum Gasteiger partial charge on any atom is 0.230 e. The van der Waals surface area contributed by atoms with Gasteiger partial charge in [0.15, 0.2) is 0 Å². The van der Waals surface area contributed by atoms with Crippen LogP contribution < -0.4 is 15.4 Å². The summed E-state index contributed by atoms with van der Waals surface area (Å²) in [6.07, 6.45) is 1.17. The summed E-state index contributed by atoms with van der Waals surface area (Å²) in [5.74, 6) is -0.376. The number of aliphatic hydroxyl groups is 1. The fourth-order valence-electron chi connectivity index (χ4n) is 5.59. The summed E-state index contributed by atoms with van der Waals surface area (Å²) in [4.78, 5) is 26.1. The Morgan fingerprint density at radius 3 is 2.72 bits per heavy atom. The standard InChI is InChI=1S/C28H34N2O6/c1-17(18-5-3-2-4-6-18)29-26(32)15-21-14-23-22-13-19(30-28(33)27(23)25(16-31)36-21)7-8-24(22)35-20-9-11-34-12-10-20/h2-8,13,17,20-21,23,25,27,31H,9-12,14-16H2,1H3,(H,29,32)(H,30,33)/t17-,21+,23-,25+,27+/m0/s1. The van der Waals surface area contributed by atoms with E-state index in [-0.39, 0.29) is 42.9 Å². The molecule has 2 aromatic rings. The Morgan fingerprint density at radius 1 is 1.19 bits per heavy atom. The van der Waals surface area contributed by atoms with Gasteiger partial charge < -0.3 is 30.0 Å². The molecule has 0 aliphatic carbocycles. The highest BCUT2D eigenvalue weighted by Gasteiger charge is 2.46. The first-order valence-corrected chi connectivity index (χ1v) is 12.8. The maximum absolute atomic E-state index is 13.2. The number of carbonyl (C=O) groups excluding carboxylic acids is 2. The molecule has 2 saturated heterocycles. The molecule has 2 amide bonds. The predicted molar refractivity (Wildman–Crippen MR) is 134 cm³/mol. The number of carbonyl (C=O) groups is 2. The quantitative estimate of drug-likeness (QED) is 0.545. The van der Waals surface area contributed by atoms with Crippen molar-refractivity contribution in [2.24, 2.45) is 5.92 Å². The monoisotopic (exact) mass is 494 g/mol. The van der Waals surface area contributed by atoms with Crippen LogP contribution in [0.25, 0.3) is 0 Å². The van der Waals surface area contributed by atoms with E-state index in [1.807, 2.05) is 55.5 Å². The van der Waals surface area contributed by atoms with Gasteiger partial charge in [0.25, 0.3) is 0 Å². The zero-order chi connectivity index (χ0) is 25.1. The molecule has 5 rings (SSSR count). The van der Waals surface area contributed by atoms with Crippen molar-refractivity contribution < 1.29 is 28.9 Å². The molecule has 0 saturated carbocycles. The first-order chi connectivity index (χ1) is 17.5. The van der Waals surface area contributed by atoms with Gasteiger partial charge in [0.1, 0.15) is 11.9 Å². The highest BCUT2D eigenvalue weighted by Crippen LogP contribution is 2.46. The number of rotatable bonds is 7. The van der Waals surface area contributed by atoms with E-state index in [0.717, 1.165) is 29.7 Å². The van der Waals surface area contributed by atoms with Crippen LogP contribution in [0.2, 0.25) is 0 Å². The number of aliphatic hydroxyl groups excluding tert-OH is 1. The van der Waals surface area contributed by atoms with Crippen molar-refractivity contribution in [3.05, 3.63) is 59.7 Å². The highest BCUT2D eigenvalue weighted by atomic mass is 16.5. The number of benzene rings is 2. The summed E-state index contributed by atoms with van der Waals surface area (Å²) in [7, 11) is 0. The third kappa shape index (κ3) is 5.40. The van der Waals surface area contributed by atoms with Crippen LogP contribution in [0.4, 0.5) is 5.69 Å². The Labute approximate surface area is 211 Å². The summed E-state index contributed by atoms with van der Waals surface area (Å²) in [5.41, 5.74) is 2.65. The zero-order valence-corrected chi connectivity index (χ0v) is 20.5. The largest absolute Gasteiger partial charge is 0.490 e. The van der Waals surface area contributed by atoms with Crippen molar-refractivity contribution >= 4 is 17.5 Å². The molecule has 36 heavy (non-hydrogen) atoms. The Morgan fingerprint density at radius 2 is 1.97 bits per heavy atom. The molecule has 3 N–H and O–H groups in total. The molecule has 3 heterocycles. The van der Waals surface area contributed by atoms with E-state index >= 15 is 0 Å². The van der Waals surface area contributed by atoms with E-state index in [9.17, 15) is 14.7 Å². The summed E-state index contributed by atoms with van der Waals surface area (Å²) >= 11 is 0. The molecule has 3 aliphatic rings. The smallest absolute Gasteiger partial charge is 0.230 e. The topological polar surface area (TPSA) is 106 Å². The van der Waals surface area contributed by atoms with Crippen LogP contribution in [0.5, 0.6) is 5.75 Å². The van der Waals surface area contributed by atoms with E-state index in [0.29, 0.717) is 25.3 Å². The summed E-state index contributed by atoms with van der Waals surface area (Å²) in [6, 6.07) is 15.4. The van der Waals surface area contributed by atoms with Gasteiger partial charge in [0.2, 0.25) is 11.8 Å². The van der Waals surface area contributed by atoms with Crippen molar-refractivity contribution in [2.45, 2.75) is 62.9 Å². The molecule has 0 spiro atoms. The maximum atomic E-state index is 13.2. The second kappa shape index (κ2) is 11.0. The molecule has 8 nitrogen and oxygen atoms in total. The highest BCUT2D eigenvalue weighted by molar-refractivity contribution is 5.95. The third-order valence-corrected chi connectivity index (χ3v) is 7.43. The Bertz CT molecular complexity index is 1070. The number of amides is 2. The van der Waals surface area contributed by atoms with Crippen molar-refractivity contribution in [1.29, 1.82) is 0 Å². The molecule has 0 radical (unpaired) electrons. The molecule has 3 aliphatic heterocycles. The van der Waals surface area contributed by atoms with Crippen LogP contribution in [-0.4, -0.2) is 55.1 Å². The van der Waals surface area contributed by atoms with E-state index in [2.05, 4.69) is 10.6 Å². The first-order valence-electron chi connectivity index (χ1n) is 12.8. The Balaban J connectivity index is 1.35. The average Bonchev–Trinajstić information content (AvgIpc) is 3.00. The lowest BCUT2D eigenvalue weighted by atomic mass is 9.76. The third-order valence-electron chi connectivity index (χ3n) is 7.43. The van der Waals surface area contributed by atoms with Crippen molar-refractivity contribution in [1.82, 2.24) is 5.32 Å². The van der Waals surface area contributed by atoms with Gasteiger partial charge in [-0.25, -0.2) is 0 Å². The van der Waals surface area contributed by atoms with Gasteiger partial charge in [0, 0.05) is 30.0 Å². The van der Waals surface area contributed by atoms with Gasteiger partial charge in [-0.2, -0.15) is 0 Å². The number of anilines is 1. The minimum atomic E-state index is -0.710. The lowest BCUT2D eigenvalue weighted by molar-refractivity contribution is -0.148. The van der Waals surface area contributed by atoms with Crippen molar-refractivity contribution in [3.8, 4) is 5.75 Å². The van der Waals surface area contributed by atoms with Gasteiger partial charge in [-0.15, -0.1) is 0 Å². The van der Waals surface area contributed by atoms with Crippen molar-refractivity contribution in [2.75, 3.05) is 25.1 Å². The average molecular weight is 495 g/mol. The molecular weight excluding hydrogens is 460 g/mol. The van der Waals surface area contributed by atoms with Crippen LogP contribution in [0.3, 0.4) is 0 Å². The van der Waals surface area contributed by atoms with Crippen LogP contribution in [-0.2, 0) is 19.1 Å². The van der Waals surface area contributed by atoms with Gasteiger partial charge in [-0.3, -0.25) is 9.59 Å². The predicted octanol–water partition coefficient (Wildman–Crippen LogP) is 3.31. The molecule has 0 unspecified atom stereocenters. The molecule has 192 valence electrons. The van der Waals surface area contributed by atoms with Gasteiger partial charge in [0.05, 0.1) is 50.4 Å². The number of nitrogens with one attached hydrogen (secondary N) is 2. The lowest BCUT2D eigenvalue weighted by Gasteiger charge is -2.40. The van der Waals surface area contributed by atoms with E-state index in [4.69, 9.17) is 14.2 Å². The lowest BCUT2D eigenvalue weighted by Crippen LogP contribution is -2.48. The zero-order valence-electron chi connectivity index (χ0n) is 20.5. The second-order valence-electron chi connectivity index (χ2n) is 9.92. The summed E-state index contributed by atoms with van der Waals surface area (Å²) in [5, 5.41) is 16.2. The number of hydrogen-bond donors (Lipinski definition) is 3. The van der Waals surface area contributed by atoms with E-state index in [1.54, 1.807) is 0 Å². The number of ether oxygens (including phenoxy) is 3. The summed E-state index contributed by atoms with van der Waals surface area (Å²) in [6.45, 7) is 2.98. The van der Waals surface area contributed by atoms with Gasteiger partial charge in [-0.05, 0) is 37.1 Å². The van der Waals surface area contributed by atoms with E-state index < -0.39 is 18.1 Å². The van der Waals surface area contributed by atoms with Crippen LogP contribution >= 0.6 is 0 Å². The molecule has 0 aromatic heterocycles. The number of hydrogen-bond acceptors (Lipinski definition) is 6. The SMILES string of the molecule is C[C@H](NC(=O)C[C@H]1C[C@H]2c3cc(ccc3OC3CCOCC3)NC(=O)[C@H]2[C@@H](CO)O1)c1ccccc1. The van der Waals surface area contributed by atoms with Crippen LogP contribution in [0.15, 0.2) is 48.5 Å². The van der Waals surface area contributed by atoms with Gasteiger partial charge in [-0.1, -0.05) is 30.3 Å². The molecule has 2 aromatic carbocycles. The molecule has 2 fully saturated rings.